The molecule has 0 radical (unpaired) electrons. The molecule has 2 rings (SSSR count). The van der Waals surface area contributed by atoms with Crippen LogP contribution < -0.4 is 10.1 Å². The van der Waals surface area contributed by atoms with Crippen LogP contribution in [-0.4, -0.2) is 20.2 Å². The lowest BCUT2D eigenvalue weighted by Gasteiger charge is -2.32. The fourth-order valence-corrected chi connectivity index (χ4v) is 2.33. The minimum absolute atomic E-state index is 0. The van der Waals surface area contributed by atoms with Crippen molar-refractivity contribution in [1.82, 2.24) is 5.32 Å². The highest BCUT2D eigenvalue weighted by molar-refractivity contribution is 5.85. The van der Waals surface area contributed by atoms with Gasteiger partial charge >= 0.3 is 0 Å². The lowest BCUT2D eigenvalue weighted by molar-refractivity contribution is 0.353. The van der Waals surface area contributed by atoms with Crippen molar-refractivity contribution in [2.45, 2.75) is 18.3 Å². The van der Waals surface area contributed by atoms with Gasteiger partial charge in [0.05, 0.1) is 18.6 Å². The van der Waals surface area contributed by atoms with Gasteiger partial charge in [-0.2, -0.15) is 5.26 Å². The van der Waals surface area contributed by atoms with Crippen molar-refractivity contribution in [2.24, 2.45) is 0 Å². The molecule has 0 aliphatic carbocycles. The Kier molecular flexibility index (Phi) is 4.80. The maximum Gasteiger partial charge on any atom is 0.123 e. The van der Waals surface area contributed by atoms with Crippen LogP contribution in [0, 0.1) is 11.3 Å². The summed E-state index contributed by atoms with van der Waals surface area (Å²) >= 11 is 0. The molecule has 1 fully saturated rings. The summed E-state index contributed by atoms with van der Waals surface area (Å²) in [6.45, 7) is 1.79. The standard InChI is InChI=1S/C13H16N2O.ClH/c1-16-12-5-3-2-4-11(12)13(10-14)6-8-15-9-7-13;/h2-5,15H,6-9H2,1H3;1H. The average Bonchev–Trinajstić information content (AvgIpc) is 2.39. The third-order valence-corrected chi connectivity index (χ3v) is 3.29. The topological polar surface area (TPSA) is 45.0 Å². The van der Waals surface area contributed by atoms with Gasteiger partial charge in [-0.15, -0.1) is 12.4 Å². The molecule has 0 spiro atoms. The van der Waals surface area contributed by atoms with Gasteiger partial charge < -0.3 is 10.1 Å². The Bertz CT molecular complexity index is 408. The first-order chi connectivity index (χ1) is 7.82. The second-order valence-corrected chi connectivity index (χ2v) is 4.14. The number of halogens is 1. The number of ether oxygens (including phenoxy) is 1. The van der Waals surface area contributed by atoms with E-state index in [4.69, 9.17) is 4.74 Å². The van der Waals surface area contributed by atoms with Crippen molar-refractivity contribution >= 4 is 12.4 Å². The number of benzene rings is 1. The summed E-state index contributed by atoms with van der Waals surface area (Å²) in [5.74, 6) is 0.825. The Labute approximate surface area is 108 Å². The lowest BCUT2D eigenvalue weighted by atomic mass is 9.74. The molecule has 17 heavy (non-hydrogen) atoms. The molecule has 1 N–H and O–H groups in total. The van der Waals surface area contributed by atoms with Crippen LogP contribution in [0.5, 0.6) is 5.75 Å². The number of piperidine rings is 1. The molecule has 1 aromatic rings. The molecule has 4 heteroatoms. The Hall–Kier alpha value is -1.24. The van der Waals surface area contributed by atoms with E-state index >= 15 is 0 Å². The van der Waals surface area contributed by atoms with Gasteiger partial charge in [-0.3, -0.25) is 0 Å². The zero-order valence-electron chi connectivity index (χ0n) is 9.90. The van der Waals surface area contributed by atoms with E-state index in [9.17, 15) is 5.26 Å². The number of hydrogen-bond donors (Lipinski definition) is 1. The first-order valence-electron chi connectivity index (χ1n) is 5.58. The molecular weight excluding hydrogens is 236 g/mol. The predicted octanol–water partition coefficient (Wildman–Crippen LogP) is 2.26. The average molecular weight is 253 g/mol. The normalized spacial score (nSPS) is 17.6. The minimum Gasteiger partial charge on any atom is -0.496 e. The summed E-state index contributed by atoms with van der Waals surface area (Å²) in [4.78, 5) is 0. The van der Waals surface area contributed by atoms with Crippen LogP contribution in [0.15, 0.2) is 24.3 Å². The van der Waals surface area contributed by atoms with Gasteiger partial charge in [-0.25, -0.2) is 0 Å². The molecule has 0 saturated carbocycles. The van der Waals surface area contributed by atoms with E-state index in [0.29, 0.717) is 0 Å². The number of nitrogens with one attached hydrogen (secondary N) is 1. The van der Waals surface area contributed by atoms with Crippen molar-refractivity contribution in [2.75, 3.05) is 20.2 Å². The van der Waals surface area contributed by atoms with Crippen molar-refractivity contribution in [3.05, 3.63) is 29.8 Å². The van der Waals surface area contributed by atoms with Gasteiger partial charge in [0.15, 0.2) is 0 Å². The second kappa shape index (κ2) is 5.90. The van der Waals surface area contributed by atoms with Gasteiger partial charge in [0.1, 0.15) is 5.75 Å². The van der Waals surface area contributed by atoms with E-state index in [0.717, 1.165) is 37.2 Å². The van der Waals surface area contributed by atoms with E-state index in [2.05, 4.69) is 11.4 Å². The van der Waals surface area contributed by atoms with Crippen LogP contribution in [0.2, 0.25) is 0 Å². The molecule has 0 amide bonds. The molecule has 1 saturated heterocycles. The molecule has 1 heterocycles. The number of para-hydroxylation sites is 1. The van der Waals surface area contributed by atoms with E-state index in [1.165, 1.54) is 0 Å². The van der Waals surface area contributed by atoms with Gasteiger partial charge in [-0.05, 0) is 32.0 Å². The molecule has 0 aromatic heterocycles. The van der Waals surface area contributed by atoms with Crippen molar-refractivity contribution in [1.29, 1.82) is 5.26 Å². The van der Waals surface area contributed by atoms with Crippen molar-refractivity contribution in [3.8, 4) is 11.8 Å². The van der Waals surface area contributed by atoms with E-state index in [1.807, 2.05) is 24.3 Å². The van der Waals surface area contributed by atoms with Gasteiger partial charge in [0.25, 0.3) is 0 Å². The van der Waals surface area contributed by atoms with Gasteiger partial charge in [-0.1, -0.05) is 18.2 Å². The second-order valence-electron chi connectivity index (χ2n) is 4.14. The summed E-state index contributed by atoms with van der Waals surface area (Å²) in [5.41, 5.74) is 0.652. The summed E-state index contributed by atoms with van der Waals surface area (Å²) in [6.07, 6.45) is 1.70. The summed E-state index contributed by atoms with van der Waals surface area (Å²) in [6, 6.07) is 10.3. The van der Waals surface area contributed by atoms with E-state index in [1.54, 1.807) is 7.11 Å². The number of methoxy groups -OCH3 is 1. The molecular formula is C13H17ClN2O. The van der Waals surface area contributed by atoms with Crippen LogP contribution in [0.25, 0.3) is 0 Å². The van der Waals surface area contributed by atoms with E-state index in [-0.39, 0.29) is 17.8 Å². The Balaban J connectivity index is 0.00000144. The third kappa shape index (κ3) is 2.54. The summed E-state index contributed by atoms with van der Waals surface area (Å²) < 4.78 is 5.35. The van der Waals surface area contributed by atoms with Crippen LogP contribution >= 0.6 is 12.4 Å². The number of nitrogens with zero attached hydrogens (tertiary/aromatic N) is 1. The molecule has 0 atom stereocenters. The van der Waals surface area contributed by atoms with Crippen molar-refractivity contribution in [3.63, 3.8) is 0 Å². The zero-order valence-corrected chi connectivity index (χ0v) is 10.7. The summed E-state index contributed by atoms with van der Waals surface area (Å²) in [7, 11) is 1.66. The predicted molar refractivity (Wildman–Crippen MR) is 69.6 cm³/mol. The lowest BCUT2D eigenvalue weighted by Crippen LogP contribution is -2.39. The SMILES string of the molecule is COc1ccccc1C1(C#N)CCNCC1.Cl. The van der Waals surface area contributed by atoms with Gasteiger partial charge in [0.2, 0.25) is 0 Å². The molecule has 92 valence electrons. The molecule has 1 aromatic carbocycles. The highest BCUT2D eigenvalue weighted by atomic mass is 35.5. The number of hydrogen-bond acceptors (Lipinski definition) is 3. The fourth-order valence-electron chi connectivity index (χ4n) is 2.33. The van der Waals surface area contributed by atoms with E-state index < -0.39 is 0 Å². The molecule has 0 bridgehead atoms. The van der Waals surface area contributed by atoms with Crippen LogP contribution in [-0.2, 0) is 5.41 Å². The Morgan fingerprint density at radius 1 is 1.29 bits per heavy atom. The van der Waals surface area contributed by atoms with Crippen LogP contribution in [0.4, 0.5) is 0 Å². The quantitative estimate of drug-likeness (QED) is 0.878. The molecule has 3 nitrogen and oxygen atoms in total. The first kappa shape index (κ1) is 13.8. The van der Waals surface area contributed by atoms with Crippen LogP contribution in [0.1, 0.15) is 18.4 Å². The largest absolute Gasteiger partial charge is 0.496 e. The number of nitriles is 1. The van der Waals surface area contributed by atoms with Crippen molar-refractivity contribution < 1.29 is 4.74 Å². The first-order valence-corrected chi connectivity index (χ1v) is 5.58. The molecule has 1 aliphatic rings. The maximum atomic E-state index is 9.48. The van der Waals surface area contributed by atoms with Crippen LogP contribution in [0.3, 0.4) is 0 Å². The maximum absolute atomic E-state index is 9.48. The Morgan fingerprint density at radius 2 is 1.94 bits per heavy atom. The zero-order chi connectivity index (χ0) is 11.4. The molecule has 1 aliphatic heterocycles. The smallest absolute Gasteiger partial charge is 0.123 e. The Morgan fingerprint density at radius 3 is 2.53 bits per heavy atom. The third-order valence-electron chi connectivity index (χ3n) is 3.29. The van der Waals surface area contributed by atoms with Gasteiger partial charge in [0, 0.05) is 5.56 Å². The number of rotatable bonds is 2. The summed E-state index contributed by atoms with van der Waals surface area (Å²) in [5, 5.41) is 12.8. The highest BCUT2D eigenvalue weighted by Gasteiger charge is 2.36. The minimum atomic E-state index is -0.377. The fraction of sp³-hybridized carbons (Fsp3) is 0.462. The molecule has 0 unspecified atom stereocenters. The monoisotopic (exact) mass is 252 g/mol. The highest BCUT2D eigenvalue weighted by Crippen LogP contribution is 2.37.